The van der Waals surface area contributed by atoms with E-state index in [4.69, 9.17) is 115 Å². The average molecular weight is 499 g/mol. The summed E-state index contributed by atoms with van der Waals surface area (Å²) in [5.74, 6) is 0. The summed E-state index contributed by atoms with van der Waals surface area (Å²) in [6, 6.07) is 0. The quantitative estimate of drug-likeness (QED) is 0.247. The number of halogens is 10. The van der Waals surface area contributed by atoms with E-state index in [1.54, 1.807) is 0 Å². The van der Waals surface area contributed by atoms with Crippen LogP contribution in [0, 0.1) is 0 Å². The van der Waals surface area contributed by atoms with Crippen molar-refractivity contribution in [2.45, 2.75) is 7.07 Å². The van der Waals surface area contributed by atoms with Crippen molar-refractivity contribution in [1.82, 2.24) is 8.88 Å². The zero-order valence-corrected chi connectivity index (χ0v) is 17.9. The molecule has 0 bridgehead atoms. The number of hydrogen-bond acceptors (Lipinski definition) is 2. The Balaban J connectivity index is 3.54. The summed E-state index contributed by atoms with van der Waals surface area (Å²) >= 11 is 60.6. The van der Waals surface area contributed by atoms with Gasteiger partial charge in [0.25, 0.3) is 0 Å². The van der Waals surface area contributed by atoms with Gasteiger partial charge in [-0.25, -0.2) is 0 Å². The normalized spacial score (nSPS) is 35.6. The predicted octanol–water partition coefficient (Wildman–Crippen LogP) is 7.90. The molecule has 0 radical (unpaired) electrons. The number of hydrogen-bond donors (Lipinski definition) is 0. The van der Waals surface area contributed by atoms with Crippen LogP contribution in [-0.2, 0) is 0 Å². The minimum atomic E-state index is -4.26. The molecule has 0 aliphatic carbocycles. The van der Waals surface area contributed by atoms with Crippen LogP contribution in [0.3, 0.4) is 0 Å². The molecule has 1 heterocycles. The summed E-state index contributed by atoms with van der Waals surface area (Å²) in [5, 5.41) is 0. The summed E-state index contributed by atoms with van der Waals surface area (Å²) in [4.78, 5) is 0. The molecule has 1 fully saturated rings. The summed E-state index contributed by atoms with van der Waals surface area (Å²) in [6.07, 6.45) is 0. The summed E-state index contributed by atoms with van der Waals surface area (Å²) in [7, 11) is 2.72. The first-order valence-corrected chi connectivity index (χ1v) is 14.1. The standard InChI is InChI=1S/C4H6Cl10N2P2/c1-15-17(11,12,3(5,6)7)16(2)18(15,13,14)4(8,9)10/h1-2H3. The van der Waals surface area contributed by atoms with Crippen molar-refractivity contribution in [2.24, 2.45) is 0 Å². The van der Waals surface area contributed by atoms with E-state index in [1.165, 1.54) is 14.1 Å². The monoisotopic (exact) mass is 494 g/mol. The van der Waals surface area contributed by atoms with Crippen molar-refractivity contribution in [3.63, 3.8) is 0 Å². The van der Waals surface area contributed by atoms with Gasteiger partial charge in [0.2, 0.25) is 0 Å². The average Bonchev–Trinajstić information content (AvgIpc) is 2.12. The minimum absolute atomic E-state index is 1.11. The van der Waals surface area contributed by atoms with Gasteiger partial charge in [-0.1, -0.05) is 0 Å². The molecule has 0 atom stereocenters. The molecule has 14 heteroatoms. The molecule has 0 aromatic carbocycles. The zero-order valence-electron chi connectivity index (χ0n) is 8.57. The van der Waals surface area contributed by atoms with E-state index in [1.807, 2.05) is 0 Å². The van der Waals surface area contributed by atoms with Crippen LogP contribution in [0.5, 0.6) is 0 Å². The van der Waals surface area contributed by atoms with Gasteiger partial charge in [-0.3, -0.25) is 0 Å². The van der Waals surface area contributed by atoms with Gasteiger partial charge in [0.1, 0.15) is 0 Å². The van der Waals surface area contributed by atoms with Crippen molar-refractivity contribution in [2.75, 3.05) is 14.1 Å². The first kappa shape index (κ1) is 19.7. The van der Waals surface area contributed by atoms with Crippen LogP contribution in [0.2, 0.25) is 0 Å². The Hall–Kier alpha value is 3.68. The van der Waals surface area contributed by atoms with E-state index in [0.717, 1.165) is 8.88 Å². The molecule has 1 aliphatic heterocycles. The maximum atomic E-state index is 6.36. The van der Waals surface area contributed by atoms with Gasteiger partial charge >= 0.3 is 156 Å². The summed E-state index contributed by atoms with van der Waals surface area (Å²) < 4.78 is -1.91. The van der Waals surface area contributed by atoms with Crippen LogP contribution >= 0.6 is 126 Å². The number of nitrogens with zero attached hydrogens (tertiary/aromatic N) is 2. The van der Waals surface area contributed by atoms with Gasteiger partial charge in [0.05, 0.1) is 0 Å². The predicted molar refractivity (Wildman–Crippen MR) is 93.4 cm³/mol. The Morgan fingerprint density at radius 2 is 0.778 bits per heavy atom. The molecule has 0 N–H and O–H groups in total. The molecule has 0 amide bonds. The van der Waals surface area contributed by atoms with Crippen LogP contribution < -0.4 is 0 Å². The topological polar surface area (TPSA) is 6.48 Å². The van der Waals surface area contributed by atoms with Gasteiger partial charge in [-0.05, 0) is 0 Å². The Morgan fingerprint density at radius 1 is 0.611 bits per heavy atom. The van der Waals surface area contributed by atoms with Crippen molar-refractivity contribution < 1.29 is 0 Å². The summed E-state index contributed by atoms with van der Waals surface area (Å²) in [6.45, 7) is 0. The van der Waals surface area contributed by atoms with Gasteiger partial charge in [0, 0.05) is 0 Å². The van der Waals surface area contributed by atoms with Crippen molar-refractivity contribution in [1.29, 1.82) is 0 Å². The fraction of sp³-hybridized carbons (Fsp3) is 1.00. The van der Waals surface area contributed by atoms with E-state index in [0.29, 0.717) is 0 Å². The molecule has 1 rings (SSSR count). The van der Waals surface area contributed by atoms with Crippen molar-refractivity contribution in [3.8, 4) is 0 Å². The van der Waals surface area contributed by atoms with E-state index >= 15 is 0 Å². The zero-order chi connectivity index (χ0) is 15.0. The Kier molecular flexibility index (Phi) is 5.05. The fourth-order valence-electron chi connectivity index (χ4n) is 1.52. The molecular weight excluding hydrogens is 493 g/mol. The third kappa shape index (κ3) is 1.93. The van der Waals surface area contributed by atoms with Gasteiger partial charge in [0.15, 0.2) is 0 Å². The van der Waals surface area contributed by atoms with E-state index in [9.17, 15) is 0 Å². The third-order valence-electron chi connectivity index (χ3n) is 2.81. The van der Waals surface area contributed by atoms with Crippen LogP contribution in [0.4, 0.5) is 0 Å². The SMILES string of the molecule is CN1P(Cl)(Cl)(C(Cl)(Cl)Cl)N(C)P1(Cl)(Cl)C(Cl)(Cl)Cl. The molecule has 0 unspecified atom stereocenters. The molecule has 1 aliphatic rings. The second-order valence-corrected chi connectivity index (χ2v) is 26.1. The maximum absolute atomic E-state index is 6.36. The van der Waals surface area contributed by atoms with Crippen LogP contribution in [0.15, 0.2) is 0 Å². The molecule has 0 spiro atoms. The molecule has 112 valence electrons. The first-order valence-electron chi connectivity index (χ1n) is 3.95. The van der Waals surface area contributed by atoms with Crippen LogP contribution in [0.25, 0.3) is 0 Å². The number of rotatable bonds is 0. The van der Waals surface area contributed by atoms with Gasteiger partial charge in [-0.15, -0.1) is 0 Å². The van der Waals surface area contributed by atoms with Crippen molar-refractivity contribution in [3.05, 3.63) is 0 Å². The van der Waals surface area contributed by atoms with Crippen molar-refractivity contribution >= 4 is 126 Å². The Morgan fingerprint density at radius 3 is 0.889 bits per heavy atom. The van der Waals surface area contributed by atoms with Crippen LogP contribution in [-0.4, -0.2) is 30.0 Å². The third-order valence-corrected chi connectivity index (χ3v) is 32.5. The summed E-state index contributed by atoms with van der Waals surface area (Å²) in [5.41, 5.74) is -8.52. The van der Waals surface area contributed by atoms with Gasteiger partial charge < -0.3 is 0 Å². The second-order valence-electron chi connectivity index (χ2n) is 3.56. The molecule has 18 heavy (non-hydrogen) atoms. The molecule has 2 nitrogen and oxygen atoms in total. The van der Waals surface area contributed by atoms with Gasteiger partial charge in [-0.2, -0.15) is 0 Å². The van der Waals surface area contributed by atoms with E-state index < -0.39 is 18.3 Å². The molecule has 1 saturated heterocycles. The Labute approximate surface area is 154 Å². The molecular formula is C4H6Cl10N2P2. The Bertz CT molecular complexity index is 344. The second kappa shape index (κ2) is 4.61. The van der Waals surface area contributed by atoms with E-state index in [-0.39, 0.29) is 0 Å². The molecule has 0 aromatic heterocycles. The molecule has 0 aromatic rings. The fourth-order valence-corrected chi connectivity index (χ4v) is 28.2. The number of alkyl halides is 6. The van der Waals surface area contributed by atoms with E-state index in [2.05, 4.69) is 0 Å². The van der Waals surface area contributed by atoms with Crippen LogP contribution in [0.1, 0.15) is 0 Å². The first-order chi connectivity index (χ1) is 7.42. The molecule has 0 saturated carbocycles.